The third kappa shape index (κ3) is 4.10. The largest absolute Gasteiger partial charge is 0.433 e. The molecule has 0 amide bonds. The molecule has 5 nitrogen and oxygen atoms in total. The van der Waals surface area contributed by atoms with Gasteiger partial charge in [0.2, 0.25) is 0 Å². The van der Waals surface area contributed by atoms with Crippen LogP contribution in [0.15, 0.2) is 65.6 Å². The Hall–Kier alpha value is -2.59. The molecule has 0 bridgehead atoms. The van der Waals surface area contributed by atoms with E-state index in [0.717, 1.165) is 0 Å². The number of benzene rings is 2. The molecule has 4 aromatic rings. The molecule has 172 valence electrons. The number of aliphatic hydroxyl groups is 1. The fourth-order valence-electron chi connectivity index (χ4n) is 3.58. The van der Waals surface area contributed by atoms with E-state index in [1.54, 1.807) is 12.1 Å². The first-order chi connectivity index (χ1) is 15.4. The van der Waals surface area contributed by atoms with Crippen molar-refractivity contribution in [1.29, 1.82) is 0 Å². The van der Waals surface area contributed by atoms with Crippen molar-refractivity contribution in [3.05, 3.63) is 93.4 Å². The minimum atomic E-state index is -4.81. The molecule has 0 radical (unpaired) electrons. The van der Waals surface area contributed by atoms with Gasteiger partial charge in [-0.3, -0.25) is 0 Å². The zero-order valence-corrected chi connectivity index (χ0v) is 19.1. The van der Waals surface area contributed by atoms with Crippen LogP contribution in [0, 0.1) is 6.92 Å². The molecule has 2 aromatic heterocycles. The summed E-state index contributed by atoms with van der Waals surface area (Å²) in [5, 5.41) is 11.4. The summed E-state index contributed by atoms with van der Waals surface area (Å²) >= 11 is 12.4. The Balaban J connectivity index is 2.11. The number of pyridine rings is 1. The van der Waals surface area contributed by atoms with Gasteiger partial charge in [0.05, 0.1) is 16.1 Å². The Morgan fingerprint density at radius 3 is 2.18 bits per heavy atom. The zero-order chi connectivity index (χ0) is 24.1. The first-order valence-electron chi connectivity index (χ1n) is 9.45. The number of aromatic nitrogens is 2. The highest BCUT2D eigenvalue weighted by Crippen LogP contribution is 2.39. The topological polar surface area (TPSA) is 72.2 Å². The van der Waals surface area contributed by atoms with Gasteiger partial charge in [-0.1, -0.05) is 47.5 Å². The Bertz CT molecular complexity index is 1450. The quantitative estimate of drug-likeness (QED) is 0.363. The van der Waals surface area contributed by atoms with Crippen LogP contribution in [0.25, 0.3) is 10.9 Å². The van der Waals surface area contributed by atoms with E-state index >= 15 is 0 Å². The molecule has 0 aliphatic heterocycles. The number of halogens is 5. The van der Waals surface area contributed by atoms with Gasteiger partial charge in [0.25, 0.3) is 10.0 Å². The van der Waals surface area contributed by atoms with Gasteiger partial charge in [-0.2, -0.15) is 13.2 Å². The second-order valence-corrected chi connectivity index (χ2v) is 9.81. The van der Waals surface area contributed by atoms with E-state index in [4.69, 9.17) is 23.2 Å². The lowest BCUT2D eigenvalue weighted by Crippen LogP contribution is -2.19. The molecule has 0 saturated carbocycles. The van der Waals surface area contributed by atoms with E-state index in [0.29, 0.717) is 10.0 Å². The zero-order valence-electron chi connectivity index (χ0n) is 16.8. The molecule has 0 saturated heterocycles. The lowest BCUT2D eigenvalue weighted by Gasteiger charge is -2.18. The highest BCUT2D eigenvalue weighted by molar-refractivity contribution is 7.90. The van der Waals surface area contributed by atoms with Crippen molar-refractivity contribution in [3.63, 3.8) is 0 Å². The minimum Gasteiger partial charge on any atom is -0.382 e. The van der Waals surface area contributed by atoms with Gasteiger partial charge in [0, 0.05) is 26.7 Å². The predicted molar refractivity (Wildman–Crippen MR) is 119 cm³/mol. The number of aryl methyl sites for hydroxylation is 1. The predicted octanol–water partition coefficient (Wildman–Crippen LogP) is 5.99. The van der Waals surface area contributed by atoms with E-state index < -0.39 is 28.0 Å². The van der Waals surface area contributed by atoms with Gasteiger partial charge in [0.1, 0.15) is 11.8 Å². The summed E-state index contributed by atoms with van der Waals surface area (Å²) in [6.07, 6.45) is -6.47. The fraction of sp³-hybridized carbons (Fsp3) is 0.136. The second kappa shape index (κ2) is 8.32. The second-order valence-electron chi connectivity index (χ2n) is 7.21. The van der Waals surface area contributed by atoms with Gasteiger partial charge < -0.3 is 5.11 Å². The Morgan fingerprint density at radius 1 is 1.00 bits per heavy atom. The van der Waals surface area contributed by atoms with Crippen molar-refractivity contribution in [2.45, 2.75) is 24.1 Å². The summed E-state index contributed by atoms with van der Waals surface area (Å²) < 4.78 is 68.3. The summed E-state index contributed by atoms with van der Waals surface area (Å²) in [5.74, 6) is 0. The first kappa shape index (κ1) is 23.6. The SMILES string of the molecule is Cc1nc(C(F)(F)F)cc2c1cc(C(O)c1c(Cl)cccc1Cl)n2S(=O)(=O)c1ccccc1. The van der Waals surface area contributed by atoms with Crippen LogP contribution in [0.1, 0.15) is 28.7 Å². The highest BCUT2D eigenvalue weighted by atomic mass is 35.5. The molecule has 0 aliphatic rings. The van der Waals surface area contributed by atoms with Crippen LogP contribution in [0.5, 0.6) is 0 Å². The number of hydrogen-bond donors (Lipinski definition) is 1. The monoisotopic (exact) mass is 514 g/mol. The molecule has 0 aliphatic carbocycles. The van der Waals surface area contributed by atoms with E-state index in [2.05, 4.69) is 4.98 Å². The normalized spacial score (nSPS) is 13.4. The average molecular weight is 515 g/mol. The Kier molecular flexibility index (Phi) is 5.94. The van der Waals surface area contributed by atoms with Crippen LogP contribution in [0.2, 0.25) is 10.0 Å². The maximum absolute atomic E-state index is 13.6. The molecule has 2 heterocycles. The lowest BCUT2D eigenvalue weighted by molar-refractivity contribution is -0.141. The summed E-state index contributed by atoms with van der Waals surface area (Å²) in [6, 6.07) is 13.6. The van der Waals surface area contributed by atoms with Crippen molar-refractivity contribution in [1.82, 2.24) is 8.96 Å². The molecule has 2 aromatic carbocycles. The fourth-order valence-corrected chi connectivity index (χ4v) is 5.74. The molecule has 1 unspecified atom stereocenters. The number of fused-ring (bicyclic) bond motifs is 1. The number of nitrogens with zero attached hydrogens (tertiary/aromatic N) is 2. The van der Waals surface area contributed by atoms with Crippen LogP contribution in [0.3, 0.4) is 0 Å². The third-order valence-electron chi connectivity index (χ3n) is 5.10. The van der Waals surface area contributed by atoms with Crippen LogP contribution < -0.4 is 0 Å². The molecule has 0 fully saturated rings. The summed E-state index contributed by atoms with van der Waals surface area (Å²) in [5.41, 5.74) is -1.80. The van der Waals surface area contributed by atoms with Crippen molar-refractivity contribution in [3.8, 4) is 0 Å². The number of alkyl halides is 3. The first-order valence-corrected chi connectivity index (χ1v) is 11.7. The standard InChI is InChI=1S/C22H15Cl2F3N2O3S/c1-12-14-10-18(21(30)20-15(23)8-5-9-16(20)24)29(17(14)11-19(28-12)22(25,26)27)33(31,32)13-6-3-2-4-7-13/h2-11,21,30H,1H3. The van der Waals surface area contributed by atoms with Crippen molar-refractivity contribution < 1.29 is 26.7 Å². The molecular formula is C22H15Cl2F3N2O3S. The van der Waals surface area contributed by atoms with Crippen LogP contribution in [-0.2, 0) is 16.2 Å². The number of aliphatic hydroxyl groups excluding tert-OH is 1. The maximum Gasteiger partial charge on any atom is 0.433 e. The molecule has 1 atom stereocenters. The smallest absolute Gasteiger partial charge is 0.382 e. The maximum atomic E-state index is 13.6. The molecule has 0 spiro atoms. The van der Waals surface area contributed by atoms with E-state index in [-0.39, 0.29) is 42.8 Å². The van der Waals surface area contributed by atoms with E-state index in [1.165, 1.54) is 49.4 Å². The Morgan fingerprint density at radius 2 is 1.61 bits per heavy atom. The number of rotatable bonds is 4. The van der Waals surface area contributed by atoms with Gasteiger partial charge >= 0.3 is 6.18 Å². The van der Waals surface area contributed by atoms with E-state index in [1.807, 2.05) is 0 Å². The van der Waals surface area contributed by atoms with Gasteiger partial charge in [-0.05, 0) is 43.3 Å². The summed E-state index contributed by atoms with van der Waals surface area (Å²) in [4.78, 5) is 3.41. The third-order valence-corrected chi connectivity index (χ3v) is 7.51. The van der Waals surface area contributed by atoms with Crippen molar-refractivity contribution in [2.75, 3.05) is 0 Å². The summed E-state index contributed by atoms with van der Waals surface area (Å²) in [6.45, 7) is 1.33. The van der Waals surface area contributed by atoms with Crippen LogP contribution >= 0.6 is 23.2 Å². The van der Waals surface area contributed by atoms with Crippen molar-refractivity contribution >= 4 is 44.1 Å². The molecule has 4 rings (SSSR count). The van der Waals surface area contributed by atoms with E-state index in [9.17, 15) is 26.7 Å². The average Bonchev–Trinajstić information content (AvgIpc) is 3.14. The number of hydrogen-bond acceptors (Lipinski definition) is 4. The minimum absolute atomic E-state index is 0.0230. The molecule has 11 heteroatoms. The van der Waals surface area contributed by atoms with Crippen LogP contribution in [-0.4, -0.2) is 22.5 Å². The van der Waals surface area contributed by atoms with Crippen LogP contribution in [0.4, 0.5) is 13.2 Å². The van der Waals surface area contributed by atoms with Gasteiger partial charge in [-0.15, -0.1) is 0 Å². The molecule has 33 heavy (non-hydrogen) atoms. The highest BCUT2D eigenvalue weighted by Gasteiger charge is 2.36. The molecular weight excluding hydrogens is 500 g/mol. The van der Waals surface area contributed by atoms with Gasteiger partial charge in [0.15, 0.2) is 0 Å². The molecule has 1 N–H and O–H groups in total. The summed E-state index contributed by atoms with van der Waals surface area (Å²) in [7, 11) is -4.44. The van der Waals surface area contributed by atoms with Crippen molar-refractivity contribution in [2.24, 2.45) is 0 Å². The Labute approximate surface area is 197 Å². The van der Waals surface area contributed by atoms with Gasteiger partial charge in [-0.25, -0.2) is 17.4 Å². The lowest BCUT2D eigenvalue weighted by atomic mass is 10.1.